The maximum absolute atomic E-state index is 12.0. The largest absolute Gasteiger partial charge is 0.481 e. The molecule has 0 aromatic carbocycles. The fourth-order valence-electron chi connectivity index (χ4n) is 1.96. The van der Waals surface area contributed by atoms with Crippen molar-refractivity contribution in [3.63, 3.8) is 0 Å². The molecule has 0 aromatic rings. The van der Waals surface area contributed by atoms with Gasteiger partial charge in [0.25, 0.3) is 0 Å². The van der Waals surface area contributed by atoms with Crippen LogP contribution in [0, 0.1) is 5.92 Å². The summed E-state index contributed by atoms with van der Waals surface area (Å²) < 4.78 is 4.78. The molecule has 0 saturated carbocycles. The Hall–Kier alpha value is -1.79. The third-order valence-electron chi connectivity index (χ3n) is 3.09. The molecule has 0 aromatic heterocycles. The molecule has 1 aliphatic rings. The molecule has 1 fully saturated rings. The van der Waals surface area contributed by atoms with Crippen molar-refractivity contribution < 1.29 is 24.2 Å². The number of carbonyl (C=O) groups excluding carboxylic acids is 2. The minimum absolute atomic E-state index is 0.145. The van der Waals surface area contributed by atoms with Gasteiger partial charge in [-0.15, -0.1) is 0 Å². The first-order valence-electron chi connectivity index (χ1n) is 6.34. The summed E-state index contributed by atoms with van der Waals surface area (Å²) in [5.41, 5.74) is 0. The van der Waals surface area contributed by atoms with Crippen molar-refractivity contribution in [1.82, 2.24) is 9.80 Å². The standard InChI is InChI=1S/C12H20N2O5/c1-3-19-10(15)5-6-13(2)12(18)14-7-4-9(8-14)11(16)17/h9H,3-8H2,1-2H3,(H,16,17). The second-order valence-electron chi connectivity index (χ2n) is 4.53. The number of carbonyl (C=O) groups is 3. The van der Waals surface area contributed by atoms with Gasteiger partial charge in [-0.05, 0) is 13.3 Å². The Morgan fingerprint density at radius 3 is 2.63 bits per heavy atom. The van der Waals surface area contributed by atoms with E-state index in [0.717, 1.165) is 0 Å². The highest BCUT2D eigenvalue weighted by molar-refractivity contribution is 5.78. The van der Waals surface area contributed by atoms with Crippen LogP contribution in [-0.2, 0) is 14.3 Å². The van der Waals surface area contributed by atoms with Gasteiger partial charge in [-0.1, -0.05) is 0 Å². The lowest BCUT2D eigenvalue weighted by Crippen LogP contribution is -2.41. The zero-order valence-corrected chi connectivity index (χ0v) is 11.3. The molecule has 0 radical (unpaired) electrons. The van der Waals surface area contributed by atoms with Crippen molar-refractivity contribution in [2.45, 2.75) is 19.8 Å². The predicted octanol–water partition coefficient (Wildman–Crippen LogP) is 0.398. The van der Waals surface area contributed by atoms with E-state index in [4.69, 9.17) is 9.84 Å². The summed E-state index contributed by atoms with van der Waals surface area (Å²) in [4.78, 5) is 36.9. The highest BCUT2D eigenvalue weighted by atomic mass is 16.5. The Morgan fingerprint density at radius 1 is 1.42 bits per heavy atom. The van der Waals surface area contributed by atoms with Gasteiger partial charge in [-0.3, -0.25) is 9.59 Å². The molecule has 0 bridgehead atoms. The minimum Gasteiger partial charge on any atom is -0.481 e. The van der Waals surface area contributed by atoms with Crippen LogP contribution in [0.4, 0.5) is 4.79 Å². The highest BCUT2D eigenvalue weighted by Gasteiger charge is 2.32. The molecule has 7 heteroatoms. The summed E-state index contributed by atoms with van der Waals surface area (Å²) >= 11 is 0. The molecule has 7 nitrogen and oxygen atoms in total. The van der Waals surface area contributed by atoms with Crippen molar-refractivity contribution in [1.29, 1.82) is 0 Å². The Labute approximate surface area is 112 Å². The monoisotopic (exact) mass is 272 g/mol. The van der Waals surface area contributed by atoms with E-state index in [-0.39, 0.29) is 31.5 Å². The van der Waals surface area contributed by atoms with Crippen LogP contribution >= 0.6 is 0 Å². The van der Waals surface area contributed by atoms with E-state index in [1.165, 1.54) is 9.80 Å². The summed E-state index contributed by atoms with van der Waals surface area (Å²) in [5.74, 6) is -1.70. The van der Waals surface area contributed by atoms with E-state index in [1.807, 2.05) is 0 Å². The predicted molar refractivity (Wildman–Crippen MR) is 66.6 cm³/mol. The molecule has 1 atom stereocenters. The normalized spacial score (nSPS) is 18.2. The number of rotatable bonds is 5. The Bertz CT molecular complexity index is 358. The van der Waals surface area contributed by atoms with Gasteiger partial charge in [0.15, 0.2) is 0 Å². The number of hydrogen-bond acceptors (Lipinski definition) is 4. The molecule has 1 rings (SSSR count). The highest BCUT2D eigenvalue weighted by Crippen LogP contribution is 2.17. The molecule has 1 unspecified atom stereocenters. The molecular formula is C12H20N2O5. The Kier molecular flexibility index (Phi) is 5.59. The molecule has 0 aliphatic carbocycles. The molecular weight excluding hydrogens is 252 g/mol. The third-order valence-corrected chi connectivity index (χ3v) is 3.09. The second kappa shape index (κ2) is 6.96. The van der Waals surface area contributed by atoms with Crippen molar-refractivity contribution >= 4 is 18.0 Å². The van der Waals surface area contributed by atoms with Crippen LogP contribution in [0.15, 0.2) is 0 Å². The van der Waals surface area contributed by atoms with E-state index in [9.17, 15) is 14.4 Å². The molecule has 1 saturated heterocycles. The SMILES string of the molecule is CCOC(=O)CCN(C)C(=O)N1CCC(C(=O)O)C1. The first kappa shape index (κ1) is 15.3. The minimum atomic E-state index is -0.871. The number of aliphatic carboxylic acids is 1. The Morgan fingerprint density at radius 2 is 2.11 bits per heavy atom. The zero-order chi connectivity index (χ0) is 14.4. The van der Waals surface area contributed by atoms with Crippen molar-refractivity contribution in [3.05, 3.63) is 0 Å². The zero-order valence-electron chi connectivity index (χ0n) is 11.3. The fraction of sp³-hybridized carbons (Fsp3) is 0.750. The third kappa shape index (κ3) is 4.42. The summed E-state index contributed by atoms with van der Waals surface area (Å²) in [7, 11) is 1.59. The number of likely N-dealkylation sites (tertiary alicyclic amines) is 1. The molecule has 108 valence electrons. The molecule has 1 heterocycles. The van der Waals surface area contributed by atoms with Gasteiger partial charge >= 0.3 is 18.0 Å². The number of nitrogens with zero attached hydrogens (tertiary/aromatic N) is 2. The quantitative estimate of drug-likeness (QED) is 0.732. The van der Waals surface area contributed by atoms with E-state index in [0.29, 0.717) is 19.6 Å². The van der Waals surface area contributed by atoms with Gasteiger partial charge < -0.3 is 19.6 Å². The summed E-state index contributed by atoms with van der Waals surface area (Å²) in [6, 6.07) is -0.243. The summed E-state index contributed by atoms with van der Waals surface area (Å²) in [6.07, 6.45) is 0.624. The van der Waals surface area contributed by atoms with Crippen LogP contribution in [0.3, 0.4) is 0 Å². The number of ether oxygens (including phenoxy) is 1. The number of hydrogen-bond donors (Lipinski definition) is 1. The van der Waals surface area contributed by atoms with Gasteiger partial charge in [0.2, 0.25) is 0 Å². The summed E-state index contributed by atoms with van der Waals surface area (Å²) in [5, 5.41) is 8.87. The van der Waals surface area contributed by atoms with Gasteiger partial charge in [0, 0.05) is 26.7 Å². The van der Waals surface area contributed by atoms with Crippen LogP contribution in [0.2, 0.25) is 0 Å². The molecule has 0 spiro atoms. The van der Waals surface area contributed by atoms with Crippen LogP contribution in [0.1, 0.15) is 19.8 Å². The number of esters is 1. The van der Waals surface area contributed by atoms with E-state index in [2.05, 4.69) is 0 Å². The fourth-order valence-corrected chi connectivity index (χ4v) is 1.96. The average Bonchev–Trinajstić information content (AvgIpc) is 2.85. The molecule has 1 N–H and O–H groups in total. The lowest BCUT2D eigenvalue weighted by atomic mass is 10.1. The van der Waals surface area contributed by atoms with Crippen LogP contribution in [-0.4, -0.2) is 66.2 Å². The van der Waals surface area contributed by atoms with Crippen molar-refractivity contribution in [3.8, 4) is 0 Å². The lowest BCUT2D eigenvalue weighted by Gasteiger charge is -2.24. The van der Waals surface area contributed by atoms with Gasteiger partial charge in [-0.25, -0.2) is 4.79 Å². The van der Waals surface area contributed by atoms with E-state index >= 15 is 0 Å². The van der Waals surface area contributed by atoms with Gasteiger partial charge in [0.1, 0.15) is 0 Å². The molecule has 1 aliphatic heterocycles. The van der Waals surface area contributed by atoms with Crippen molar-refractivity contribution in [2.24, 2.45) is 5.92 Å². The summed E-state index contributed by atoms with van der Waals surface area (Å²) in [6.45, 7) is 3.00. The molecule has 2 amide bonds. The van der Waals surface area contributed by atoms with E-state index in [1.54, 1.807) is 14.0 Å². The first-order valence-corrected chi connectivity index (χ1v) is 6.34. The Balaban J connectivity index is 2.37. The number of urea groups is 1. The maximum atomic E-state index is 12.0. The first-order chi connectivity index (χ1) is 8.95. The average molecular weight is 272 g/mol. The van der Waals surface area contributed by atoms with Gasteiger partial charge in [0.05, 0.1) is 18.9 Å². The maximum Gasteiger partial charge on any atom is 0.319 e. The van der Waals surface area contributed by atoms with E-state index < -0.39 is 11.9 Å². The smallest absolute Gasteiger partial charge is 0.319 e. The van der Waals surface area contributed by atoms with Crippen molar-refractivity contribution in [2.75, 3.05) is 33.3 Å². The topological polar surface area (TPSA) is 87.2 Å². The van der Waals surface area contributed by atoms with Gasteiger partial charge in [-0.2, -0.15) is 0 Å². The number of amides is 2. The van der Waals surface area contributed by atoms with Crippen LogP contribution in [0.5, 0.6) is 0 Å². The second-order valence-corrected chi connectivity index (χ2v) is 4.53. The lowest BCUT2D eigenvalue weighted by molar-refractivity contribution is -0.143. The van der Waals surface area contributed by atoms with Crippen LogP contribution < -0.4 is 0 Å². The number of carboxylic acid groups (broad SMARTS) is 1. The number of carboxylic acids is 1. The van der Waals surface area contributed by atoms with Crippen LogP contribution in [0.25, 0.3) is 0 Å². The molecule has 19 heavy (non-hydrogen) atoms.